The second kappa shape index (κ2) is 4.32. The van der Waals surface area contributed by atoms with Crippen LogP contribution in [0.15, 0.2) is 17.2 Å². The number of aromatic nitrogens is 4. The molecule has 0 radical (unpaired) electrons. The Balaban J connectivity index is 2.56. The van der Waals surface area contributed by atoms with Crippen molar-refractivity contribution in [1.29, 1.82) is 0 Å². The molecule has 2 aromatic heterocycles. The Morgan fingerprint density at radius 2 is 2.06 bits per heavy atom. The van der Waals surface area contributed by atoms with E-state index >= 15 is 0 Å². The van der Waals surface area contributed by atoms with Gasteiger partial charge in [-0.1, -0.05) is 0 Å². The maximum absolute atomic E-state index is 11.6. The van der Waals surface area contributed by atoms with Gasteiger partial charge in [0, 0.05) is 17.3 Å². The van der Waals surface area contributed by atoms with E-state index in [1.54, 1.807) is 19.9 Å². The Bertz CT molecular complexity index is 607. The number of aromatic amines is 1. The summed E-state index contributed by atoms with van der Waals surface area (Å²) in [5.74, 6) is 0.842. The SMILES string of the molecule is COc1cc(-c2nc(C)c(C)c(=O)[nH]2)ncn1. The number of aryl methyl sites for hydroxylation is 1. The molecule has 0 saturated heterocycles. The van der Waals surface area contributed by atoms with Crippen molar-refractivity contribution in [3.8, 4) is 17.4 Å². The third kappa shape index (κ3) is 2.15. The number of nitrogens with zero attached hydrogens (tertiary/aromatic N) is 3. The van der Waals surface area contributed by atoms with Gasteiger partial charge in [-0.25, -0.2) is 15.0 Å². The zero-order chi connectivity index (χ0) is 12.4. The molecule has 0 aliphatic carbocycles. The van der Waals surface area contributed by atoms with Crippen LogP contribution < -0.4 is 10.3 Å². The van der Waals surface area contributed by atoms with Gasteiger partial charge in [-0.15, -0.1) is 0 Å². The van der Waals surface area contributed by atoms with Crippen molar-refractivity contribution >= 4 is 0 Å². The molecule has 2 rings (SSSR count). The lowest BCUT2D eigenvalue weighted by Gasteiger charge is -2.04. The maximum atomic E-state index is 11.6. The highest BCUT2D eigenvalue weighted by atomic mass is 16.5. The van der Waals surface area contributed by atoms with Crippen molar-refractivity contribution in [3.05, 3.63) is 34.0 Å². The number of hydrogen-bond donors (Lipinski definition) is 1. The molecule has 2 aromatic rings. The normalized spacial score (nSPS) is 10.3. The molecule has 2 heterocycles. The fraction of sp³-hybridized carbons (Fsp3) is 0.273. The zero-order valence-electron chi connectivity index (χ0n) is 9.81. The van der Waals surface area contributed by atoms with Crippen LogP contribution in [0.25, 0.3) is 11.5 Å². The number of nitrogens with one attached hydrogen (secondary N) is 1. The molecule has 0 aliphatic rings. The van der Waals surface area contributed by atoms with Gasteiger partial charge < -0.3 is 9.72 Å². The van der Waals surface area contributed by atoms with Gasteiger partial charge in [0.15, 0.2) is 5.82 Å². The van der Waals surface area contributed by atoms with Gasteiger partial charge in [-0.3, -0.25) is 4.79 Å². The van der Waals surface area contributed by atoms with E-state index in [1.807, 2.05) is 0 Å². The lowest BCUT2D eigenvalue weighted by molar-refractivity contribution is 0.397. The fourth-order valence-corrected chi connectivity index (χ4v) is 1.35. The first-order chi connectivity index (χ1) is 8.11. The van der Waals surface area contributed by atoms with Crippen LogP contribution in [0.5, 0.6) is 5.88 Å². The molecule has 0 spiro atoms. The molecule has 0 saturated carbocycles. The molecule has 6 nitrogen and oxygen atoms in total. The quantitative estimate of drug-likeness (QED) is 0.830. The summed E-state index contributed by atoms with van der Waals surface area (Å²) in [6.45, 7) is 3.51. The molecule has 6 heteroatoms. The molecule has 88 valence electrons. The molecule has 0 aromatic carbocycles. The van der Waals surface area contributed by atoms with Gasteiger partial charge in [-0.05, 0) is 13.8 Å². The average molecular weight is 232 g/mol. The minimum absolute atomic E-state index is 0.162. The molecule has 0 atom stereocenters. The van der Waals surface area contributed by atoms with Gasteiger partial charge in [0.05, 0.1) is 7.11 Å². The van der Waals surface area contributed by atoms with Crippen LogP contribution in [0, 0.1) is 13.8 Å². The second-order valence-electron chi connectivity index (χ2n) is 3.57. The van der Waals surface area contributed by atoms with Crippen molar-refractivity contribution in [3.63, 3.8) is 0 Å². The highest BCUT2D eigenvalue weighted by Gasteiger charge is 2.08. The maximum Gasteiger partial charge on any atom is 0.254 e. The molecule has 1 N–H and O–H groups in total. The van der Waals surface area contributed by atoms with Crippen LogP contribution in [0.4, 0.5) is 0 Å². The van der Waals surface area contributed by atoms with Crippen LogP contribution in [0.3, 0.4) is 0 Å². The van der Waals surface area contributed by atoms with Crippen LogP contribution in [0.1, 0.15) is 11.3 Å². The van der Waals surface area contributed by atoms with E-state index in [0.29, 0.717) is 28.7 Å². The summed E-state index contributed by atoms with van der Waals surface area (Å²) in [5, 5.41) is 0. The third-order valence-electron chi connectivity index (χ3n) is 2.49. The summed E-state index contributed by atoms with van der Waals surface area (Å²) in [6.07, 6.45) is 1.36. The highest BCUT2D eigenvalue weighted by Crippen LogP contribution is 2.15. The summed E-state index contributed by atoms with van der Waals surface area (Å²) >= 11 is 0. The van der Waals surface area contributed by atoms with E-state index in [1.165, 1.54) is 13.4 Å². The zero-order valence-corrected chi connectivity index (χ0v) is 9.81. The van der Waals surface area contributed by atoms with E-state index < -0.39 is 0 Å². The van der Waals surface area contributed by atoms with Crippen LogP contribution in [-0.2, 0) is 0 Å². The predicted octanol–water partition coefficient (Wildman–Crippen LogP) is 0.852. The first-order valence-electron chi connectivity index (χ1n) is 5.05. The minimum Gasteiger partial charge on any atom is -0.481 e. The van der Waals surface area contributed by atoms with Crippen LogP contribution in [-0.4, -0.2) is 27.0 Å². The predicted molar refractivity (Wildman–Crippen MR) is 61.9 cm³/mol. The summed E-state index contributed by atoms with van der Waals surface area (Å²) in [6, 6.07) is 1.62. The Labute approximate surface area is 97.7 Å². The van der Waals surface area contributed by atoms with Crippen molar-refractivity contribution in [1.82, 2.24) is 19.9 Å². The number of ether oxygens (including phenoxy) is 1. The first kappa shape index (κ1) is 11.3. The minimum atomic E-state index is -0.162. The molecule has 0 bridgehead atoms. The first-order valence-corrected chi connectivity index (χ1v) is 5.05. The van der Waals surface area contributed by atoms with E-state index in [4.69, 9.17) is 4.74 Å². The third-order valence-corrected chi connectivity index (χ3v) is 2.49. The number of methoxy groups -OCH3 is 1. The molecular weight excluding hydrogens is 220 g/mol. The van der Waals surface area contributed by atoms with E-state index in [9.17, 15) is 4.79 Å². The number of hydrogen-bond acceptors (Lipinski definition) is 5. The Kier molecular flexibility index (Phi) is 2.86. The smallest absolute Gasteiger partial charge is 0.254 e. The van der Waals surface area contributed by atoms with Gasteiger partial charge in [0.25, 0.3) is 5.56 Å². The monoisotopic (exact) mass is 232 g/mol. The van der Waals surface area contributed by atoms with Crippen LogP contribution in [0.2, 0.25) is 0 Å². The van der Waals surface area contributed by atoms with Crippen molar-refractivity contribution in [2.75, 3.05) is 7.11 Å². The lowest BCUT2D eigenvalue weighted by atomic mass is 10.2. The Hall–Kier alpha value is -2.24. The summed E-state index contributed by atoms with van der Waals surface area (Å²) in [7, 11) is 1.52. The number of H-pyrrole nitrogens is 1. The van der Waals surface area contributed by atoms with Gasteiger partial charge >= 0.3 is 0 Å². The van der Waals surface area contributed by atoms with E-state index in [2.05, 4.69) is 19.9 Å². The number of rotatable bonds is 2. The molecule has 0 unspecified atom stereocenters. The summed E-state index contributed by atoms with van der Waals surface area (Å²) in [4.78, 5) is 26.5. The van der Waals surface area contributed by atoms with Gasteiger partial charge in [0.2, 0.25) is 5.88 Å². The average Bonchev–Trinajstić information content (AvgIpc) is 2.35. The largest absolute Gasteiger partial charge is 0.481 e. The van der Waals surface area contributed by atoms with Crippen molar-refractivity contribution in [2.24, 2.45) is 0 Å². The highest BCUT2D eigenvalue weighted by molar-refractivity contribution is 5.50. The molecule has 0 fully saturated rings. The summed E-state index contributed by atoms with van der Waals surface area (Å²) < 4.78 is 4.99. The molecular formula is C11H12N4O2. The summed E-state index contributed by atoms with van der Waals surface area (Å²) in [5.41, 5.74) is 1.65. The van der Waals surface area contributed by atoms with Crippen molar-refractivity contribution < 1.29 is 4.74 Å². The van der Waals surface area contributed by atoms with E-state index in [-0.39, 0.29) is 5.56 Å². The topological polar surface area (TPSA) is 80.8 Å². The van der Waals surface area contributed by atoms with Crippen molar-refractivity contribution in [2.45, 2.75) is 13.8 Å². The molecule has 0 aliphatic heterocycles. The fourth-order valence-electron chi connectivity index (χ4n) is 1.35. The van der Waals surface area contributed by atoms with E-state index in [0.717, 1.165) is 0 Å². The second-order valence-corrected chi connectivity index (χ2v) is 3.57. The van der Waals surface area contributed by atoms with Gasteiger partial charge in [0.1, 0.15) is 12.0 Å². The standard InChI is InChI=1S/C11H12N4O2/c1-6-7(2)14-10(15-11(6)16)8-4-9(17-3)13-5-12-8/h4-5H,1-3H3,(H,14,15,16). The Morgan fingerprint density at radius 1 is 1.29 bits per heavy atom. The molecule has 0 amide bonds. The molecule has 17 heavy (non-hydrogen) atoms. The Morgan fingerprint density at radius 3 is 2.71 bits per heavy atom. The van der Waals surface area contributed by atoms with Gasteiger partial charge in [-0.2, -0.15) is 0 Å². The van der Waals surface area contributed by atoms with Crippen LogP contribution >= 0.6 is 0 Å². The lowest BCUT2D eigenvalue weighted by Crippen LogP contribution is -2.14.